The lowest BCUT2D eigenvalue weighted by Crippen LogP contribution is -2.46. The number of nitrogens with zero attached hydrogens (tertiary/aromatic N) is 1. The van der Waals surface area contributed by atoms with E-state index in [1.165, 1.54) is 4.31 Å². The van der Waals surface area contributed by atoms with Crippen molar-refractivity contribution in [2.24, 2.45) is 0 Å². The molecule has 0 bridgehead atoms. The molecule has 1 aliphatic rings. The third-order valence-corrected chi connectivity index (χ3v) is 5.85. The van der Waals surface area contributed by atoms with Crippen molar-refractivity contribution in [3.05, 3.63) is 28.8 Å². The molecule has 0 amide bonds. The number of likely N-dealkylation sites (N-methyl/N-ethyl adjacent to an activating group) is 1. The van der Waals surface area contributed by atoms with Gasteiger partial charge >= 0.3 is 0 Å². The molecule has 1 atom stereocenters. The summed E-state index contributed by atoms with van der Waals surface area (Å²) in [6.45, 7) is 2.95. The molecule has 0 spiro atoms. The number of hydrogen-bond donors (Lipinski definition) is 1. The van der Waals surface area contributed by atoms with Gasteiger partial charge in [0.2, 0.25) is 10.0 Å². The fraction of sp³-hybridized carbons (Fsp3) is 0.538. The van der Waals surface area contributed by atoms with Crippen LogP contribution < -0.4 is 5.32 Å². The van der Waals surface area contributed by atoms with Crippen molar-refractivity contribution in [3.8, 4) is 0 Å². The average Bonchev–Trinajstić information content (AvgIpc) is 2.38. The largest absolute Gasteiger partial charge is 0.316 e. The number of piperidine rings is 1. The summed E-state index contributed by atoms with van der Waals surface area (Å²) < 4.78 is 26.7. The van der Waals surface area contributed by atoms with Gasteiger partial charge in [-0.2, -0.15) is 4.31 Å². The van der Waals surface area contributed by atoms with E-state index in [0.29, 0.717) is 18.1 Å². The quantitative estimate of drug-likeness (QED) is 0.920. The SMILES string of the molecule is CNC1CCCN(S(=O)(=O)c2ccc(C)cc2Cl)C1.Cl. The summed E-state index contributed by atoms with van der Waals surface area (Å²) in [6.07, 6.45) is 1.87. The van der Waals surface area contributed by atoms with Gasteiger partial charge in [0.25, 0.3) is 0 Å². The van der Waals surface area contributed by atoms with Gasteiger partial charge in [0.15, 0.2) is 0 Å². The number of sulfonamides is 1. The monoisotopic (exact) mass is 338 g/mol. The van der Waals surface area contributed by atoms with E-state index in [1.807, 2.05) is 14.0 Å². The molecule has 1 aromatic carbocycles. The summed E-state index contributed by atoms with van der Waals surface area (Å²) in [5, 5.41) is 3.44. The van der Waals surface area contributed by atoms with Gasteiger partial charge in [-0.05, 0) is 44.5 Å². The second kappa shape index (κ2) is 7.09. The van der Waals surface area contributed by atoms with Gasteiger partial charge in [0, 0.05) is 19.1 Å². The Bertz CT molecular complexity index is 563. The van der Waals surface area contributed by atoms with E-state index in [9.17, 15) is 8.42 Å². The predicted molar refractivity (Wildman–Crippen MR) is 84.3 cm³/mol. The normalized spacial score (nSPS) is 20.4. The van der Waals surface area contributed by atoms with Gasteiger partial charge in [0.05, 0.1) is 5.02 Å². The lowest BCUT2D eigenvalue weighted by molar-refractivity contribution is 0.293. The van der Waals surface area contributed by atoms with Gasteiger partial charge < -0.3 is 5.32 Å². The Kier molecular flexibility index (Phi) is 6.28. The molecule has 20 heavy (non-hydrogen) atoms. The molecule has 1 aliphatic heterocycles. The Hall–Kier alpha value is -0.330. The Balaban J connectivity index is 0.00000200. The van der Waals surface area contributed by atoms with Crippen molar-refractivity contribution in [3.63, 3.8) is 0 Å². The zero-order valence-corrected chi connectivity index (χ0v) is 14.0. The summed E-state index contributed by atoms with van der Waals surface area (Å²) in [5.41, 5.74) is 0.954. The first kappa shape index (κ1) is 17.7. The third-order valence-electron chi connectivity index (χ3n) is 3.50. The molecule has 1 aromatic rings. The van der Waals surface area contributed by atoms with Crippen LogP contribution in [0, 0.1) is 6.92 Å². The molecule has 1 fully saturated rings. The minimum absolute atomic E-state index is 0. The molecule has 0 radical (unpaired) electrons. The summed E-state index contributed by atoms with van der Waals surface area (Å²) in [4.78, 5) is 0.205. The molecule has 1 heterocycles. The maximum absolute atomic E-state index is 12.6. The van der Waals surface area contributed by atoms with Crippen LogP contribution >= 0.6 is 24.0 Å². The number of nitrogens with one attached hydrogen (secondary N) is 1. The standard InChI is InChI=1S/C13H19ClN2O2S.ClH/c1-10-5-6-13(12(14)8-10)19(17,18)16-7-3-4-11(9-16)15-2;/h5-6,8,11,15H,3-4,7,9H2,1-2H3;1H. The number of halogens is 2. The minimum atomic E-state index is -3.49. The van der Waals surface area contributed by atoms with Crippen LogP contribution in [0.5, 0.6) is 0 Å². The third kappa shape index (κ3) is 3.65. The Morgan fingerprint density at radius 1 is 1.40 bits per heavy atom. The number of hydrogen-bond acceptors (Lipinski definition) is 3. The summed E-state index contributed by atoms with van der Waals surface area (Å²) in [6, 6.07) is 5.27. The van der Waals surface area contributed by atoms with Crippen LogP contribution in [-0.4, -0.2) is 38.9 Å². The van der Waals surface area contributed by atoms with Crippen LogP contribution in [0.1, 0.15) is 18.4 Å². The van der Waals surface area contributed by atoms with Gasteiger partial charge in [-0.25, -0.2) is 8.42 Å². The van der Waals surface area contributed by atoms with Gasteiger partial charge in [-0.15, -0.1) is 12.4 Å². The van der Waals surface area contributed by atoms with Crippen LogP contribution in [0.15, 0.2) is 23.1 Å². The first-order valence-corrected chi connectivity index (χ1v) is 8.20. The highest BCUT2D eigenvalue weighted by atomic mass is 35.5. The second-order valence-corrected chi connectivity index (χ2v) is 7.24. The van der Waals surface area contributed by atoms with Crippen LogP contribution in [0.3, 0.4) is 0 Å². The van der Waals surface area contributed by atoms with E-state index in [4.69, 9.17) is 11.6 Å². The molecule has 4 nitrogen and oxygen atoms in total. The van der Waals surface area contributed by atoms with Crippen LogP contribution in [0.2, 0.25) is 5.02 Å². The number of benzene rings is 1. The molecular weight excluding hydrogens is 319 g/mol. The van der Waals surface area contributed by atoms with Gasteiger partial charge in [-0.3, -0.25) is 0 Å². The van der Waals surface area contributed by atoms with Crippen LogP contribution in [0.25, 0.3) is 0 Å². The molecule has 0 aromatic heterocycles. The molecule has 7 heteroatoms. The van der Waals surface area contributed by atoms with Crippen molar-refractivity contribution in [1.29, 1.82) is 0 Å². The van der Waals surface area contributed by atoms with E-state index in [-0.39, 0.29) is 23.3 Å². The molecule has 1 saturated heterocycles. The van der Waals surface area contributed by atoms with Crippen molar-refractivity contribution in [2.45, 2.75) is 30.7 Å². The van der Waals surface area contributed by atoms with Crippen molar-refractivity contribution in [1.82, 2.24) is 9.62 Å². The Labute approximate surface area is 132 Å². The zero-order chi connectivity index (χ0) is 14.0. The topological polar surface area (TPSA) is 49.4 Å². The predicted octanol–water partition coefficient (Wildman–Crippen LogP) is 2.44. The summed E-state index contributed by atoms with van der Waals surface area (Å²) in [5.74, 6) is 0. The van der Waals surface area contributed by atoms with E-state index in [0.717, 1.165) is 18.4 Å². The smallest absolute Gasteiger partial charge is 0.244 e. The first-order chi connectivity index (χ1) is 8.95. The molecule has 2 rings (SSSR count). The molecule has 1 N–H and O–H groups in total. The average molecular weight is 339 g/mol. The van der Waals surface area contributed by atoms with Gasteiger partial charge in [-0.1, -0.05) is 17.7 Å². The highest BCUT2D eigenvalue weighted by Crippen LogP contribution is 2.27. The lowest BCUT2D eigenvalue weighted by Gasteiger charge is -2.31. The fourth-order valence-corrected chi connectivity index (χ4v) is 4.45. The lowest BCUT2D eigenvalue weighted by atomic mass is 10.1. The van der Waals surface area contributed by atoms with Crippen molar-refractivity contribution in [2.75, 3.05) is 20.1 Å². The molecule has 114 valence electrons. The van der Waals surface area contributed by atoms with E-state index in [1.54, 1.807) is 18.2 Å². The summed E-state index contributed by atoms with van der Waals surface area (Å²) >= 11 is 6.08. The minimum Gasteiger partial charge on any atom is -0.316 e. The van der Waals surface area contributed by atoms with E-state index in [2.05, 4.69) is 5.32 Å². The highest BCUT2D eigenvalue weighted by molar-refractivity contribution is 7.89. The van der Waals surface area contributed by atoms with E-state index < -0.39 is 10.0 Å². The molecule has 0 aliphatic carbocycles. The van der Waals surface area contributed by atoms with Crippen LogP contribution in [0.4, 0.5) is 0 Å². The van der Waals surface area contributed by atoms with Crippen molar-refractivity contribution < 1.29 is 8.42 Å². The Morgan fingerprint density at radius 3 is 2.70 bits per heavy atom. The van der Waals surface area contributed by atoms with Crippen LogP contribution in [-0.2, 0) is 10.0 Å². The second-order valence-electron chi connectivity index (χ2n) is 4.92. The zero-order valence-electron chi connectivity index (χ0n) is 11.6. The van der Waals surface area contributed by atoms with E-state index >= 15 is 0 Å². The first-order valence-electron chi connectivity index (χ1n) is 6.38. The molecule has 0 saturated carbocycles. The maximum atomic E-state index is 12.6. The fourth-order valence-electron chi connectivity index (χ4n) is 2.35. The Morgan fingerprint density at radius 2 is 2.10 bits per heavy atom. The number of aryl methyl sites for hydroxylation is 1. The maximum Gasteiger partial charge on any atom is 0.244 e. The summed E-state index contributed by atoms with van der Waals surface area (Å²) in [7, 11) is -1.63. The van der Waals surface area contributed by atoms with Crippen molar-refractivity contribution >= 4 is 34.0 Å². The molecular formula is C13H20Cl2N2O2S. The highest BCUT2D eigenvalue weighted by Gasteiger charge is 2.30. The van der Waals surface area contributed by atoms with Gasteiger partial charge in [0.1, 0.15) is 4.90 Å². The number of rotatable bonds is 3. The molecule has 1 unspecified atom stereocenters.